The van der Waals surface area contributed by atoms with Gasteiger partial charge >= 0.3 is 0 Å². The molecule has 0 unspecified atom stereocenters. The van der Waals surface area contributed by atoms with E-state index in [1.54, 1.807) is 18.9 Å². The van der Waals surface area contributed by atoms with Crippen molar-refractivity contribution in [1.82, 2.24) is 25.1 Å². The Morgan fingerprint density at radius 2 is 1.96 bits per heavy atom. The first kappa shape index (κ1) is 17.2. The van der Waals surface area contributed by atoms with E-state index >= 15 is 0 Å². The number of hydrogen-bond donors (Lipinski definition) is 1. The molecule has 1 aromatic carbocycles. The molecule has 1 saturated heterocycles. The van der Waals surface area contributed by atoms with Crippen molar-refractivity contribution in [2.45, 2.75) is 25.4 Å². The molecule has 0 bridgehead atoms. The topological polar surface area (TPSA) is 75.9 Å². The number of pyridine rings is 1. The second-order valence-corrected chi connectivity index (χ2v) is 6.66. The van der Waals surface area contributed by atoms with Crippen molar-refractivity contribution in [3.05, 3.63) is 72.6 Å². The van der Waals surface area contributed by atoms with Gasteiger partial charge in [-0.3, -0.25) is 9.78 Å². The van der Waals surface area contributed by atoms with Crippen molar-refractivity contribution in [2.75, 3.05) is 18.0 Å². The minimum absolute atomic E-state index is 0.154. The lowest BCUT2D eigenvalue weighted by Gasteiger charge is -2.33. The number of nitrogens with one attached hydrogen (secondary N) is 1. The third kappa shape index (κ3) is 4.13. The van der Waals surface area contributed by atoms with Crippen LogP contribution in [0.25, 0.3) is 0 Å². The molecule has 0 spiro atoms. The minimum atomic E-state index is -0.154. The van der Waals surface area contributed by atoms with E-state index in [-0.39, 0.29) is 5.91 Å². The van der Waals surface area contributed by atoms with Crippen molar-refractivity contribution in [2.24, 2.45) is 0 Å². The molecule has 0 saturated carbocycles. The first-order valence-electron chi connectivity index (χ1n) is 9.17. The lowest BCUT2D eigenvalue weighted by Crippen LogP contribution is -2.35. The molecule has 1 N–H and O–H groups in total. The van der Waals surface area contributed by atoms with E-state index in [1.807, 2.05) is 47.1 Å². The highest BCUT2D eigenvalue weighted by Gasteiger charge is 2.22. The molecule has 138 valence electrons. The molecule has 3 heterocycles. The first-order chi connectivity index (χ1) is 13.3. The summed E-state index contributed by atoms with van der Waals surface area (Å²) >= 11 is 0. The molecule has 1 aliphatic heterocycles. The van der Waals surface area contributed by atoms with Crippen molar-refractivity contribution < 1.29 is 4.79 Å². The van der Waals surface area contributed by atoms with Crippen molar-refractivity contribution in [3.63, 3.8) is 0 Å². The maximum Gasteiger partial charge on any atom is 0.270 e. The van der Waals surface area contributed by atoms with E-state index in [9.17, 15) is 4.79 Å². The number of aromatic nitrogens is 4. The van der Waals surface area contributed by atoms with Gasteiger partial charge in [0.25, 0.3) is 5.91 Å². The molecular formula is C20H22N6O. The fraction of sp³-hybridized carbons (Fsp3) is 0.300. The number of rotatable bonds is 5. The second kappa shape index (κ2) is 7.99. The summed E-state index contributed by atoms with van der Waals surface area (Å²) in [5, 5.41) is 7.18. The summed E-state index contributed by atoms with van der Waals surface area (Å²) in [5.74, 6) is -0.154. The number of carbonyl (C=O) groups is 1. The molecule has 7 nitrogen and oxygen atoms in total. The lowest BCUT2D eigenvalue weighted by molar-refractivity contribution is 0.0946. The molecular weight excluding hydrogens is 340 g/mol. The van der Waals surface area contributed by atoms with Crippen LogP contribution in [0.2, 0.25) is 0 Å². The van der Waals surface area contributed by atoms with E-state index in [0.29, 0.717) is 18.3 Å². The number of amides is 1. The number of piperidine rings is 1. The summed E-state index contributed by atoms with van der Waals surface area (Å²) in [6.45, 7) is 2.33. The SMILES string of the molecule is O=C(NCc1ccccc1)c1cc(N2CCC(n3cncn3)CC2)ccn1. The number of carbonyl (C=O) groups excluding carboxylic acids is 1. The molecule has 1 aliphatic rings. The van der Waals surface area contributed by atoms with Gasteiger partial charge in [0, 0.05) is 31.5 Å². The maximum atomic E-state index is 12.4. The van der Waals surface area contributed by atoms with E-state index in [4.69, 9.17) is 0 Å². The fourth-order valence-corrected chi connectivity index (χ4v) is 3.40. The highest BCUT2D eigenvalue weighted by atomic mass is 16.1. The Hall–Kier alpha value is -3.22. The van der Waals surface area contributed by atoms with Gasteiger partial charge < -0.3 is 10.2 Å². The largest absolute Gasteiger partial charge is 0.371 e. The van der Waals surface area contributed by atoms with Crippen LogP contribution >= 0.6 is 0 Å². The van der Waals surface area contributed by atoms with Gasteiger partial charge in [0.1, 0.15) is 18.3 Å². The van der Waals surface area contributed by atoms with Crippen molar-refractivity contribution in [3.8, 4) is 0 Å². The minimum Gasteiger partial charge on any atom is -0.371 e. The first-order valence-corrected chi connectivity index (χ1v) is 9.17. The Morgan fingerprint density at radius 1 is 1.15 bits per heavy atom. The van der Waals surface area contributed by atoms with Crippen LogP contribution in [0.3, 0.4) is 0 Å². The van der Waals surface area contributed by atoms with Gasteiger partial charge in [0.2, 0.25) is 0 Å². The van der Waals surface area contributed by atoms with E-state index < -0.39 is 0 Å². The van der Waals surface area contributed by atoms with Gasteiger partial charge in [-0.25, -0.2) is 9.67 Å². The molecule has 4 rings (SSSR count). The van der Waals surface area contributed by atoms with Gasteiger partial charge in [0.05, 0.1) is 6.04 Å². The van der Waals surface area contributed by atoms with Crippen LogP contribution in [0.1, 0.15) is 34.9 Å². The van der Waals surface area contributed by atoms with E-state index in [2.05, 4.69) is 25.3 Å². The van der Waals surface area contributed by atoms with Gasteiger partial charge in [0.15, 0.2) is 0 Å². The molecule has 0 radical (unpaired) electrons. The standard InChI is InChI=1S/C20H22N6O/c27-20(23-13-16-4-2-1-3-5-16)19-12-18(6-9-22-19)25-10-7-17(8-11-25)26-15-21-14-24-26/h1-6,9,12,14-15,17H,7-8,10-11,13H2,(H,23,27). The molecule has 1 fully saturated rings. The Morgan fingerprint density at radius 3 is 2.70 bits per heavy atom. The van der Waals surface area contributed by atoms with Crippen LogP contribution in [-0.2, 0) is 6.54 Å². The summed E-state index contributed by atoms with van der Waals surface area (Å²) in [5.41, 5.74) is 2.55. The molecule has 3 aromatic rings. The Bertz CT molecular complexity index is 873. The van der Waals surface area contributed by atoms with Crippen LogP contribution in [0, 0.1) is 0 Å². The molecule has 1 amide bonds. The number of nitrogens with zero attached hydrogens (tertiary/aromatic N) is 5. The normalized spacial score (nSPS) is 14.9. The molecule has 2 aromatic heterocycles. The van der Waals surface area contributed by atoms with Crippen LogP contribution in [0.4, 0.5) is 5.69 Å². The van der Waals surface area contributed by atoms with Gasteiger partial charge in [-0.05, 0) is 30.5 Å². The summed E-state index contributed by atoms with van der Waals surface area (Å²) in [6.07, 6.45) is 7.07. The summed E-state index contributed by atoms with van der Waals surface area (Å²) in [6, 6.07) is 14.1. The van der Waals surface area contributed by atoms with Crippen LogP contribution < -0.4 is 10.2 Å². The number of anilines is 1. The van der Waals surface area contributed by atoms with Crippen molar-refractivity contribution >= 4 is 11.6 Å². The van der Waals surface area contributed by atoms with Crippen LogP contribution in [0.15, 0.2) is 61.3 Å². The summed E-state index contributed by atoms with van der Waals surface area (Å²) in [4.78, 5) is 23.0. The second-order valence-electron chi connectivity index (χ2n) is 6.66. The third-order valence-corrected chi connectivity index (χ3v) is 4.91. The maximum absolute atomic E-state index is 12.4. The van der Waals surface area contributed by atoms with Gasteiger partial charge in [-0.1, -0.05) is 30.3 Å². The Balaban J connectivity index is 1.37. The van der Waals surface area contributed by atoms with Gasteiger partial charge in [-0.2, -0.15) is 5.10 Å². The summed E-state index contributed by atoms with van der Waals surface area (Å²) in [7, 11) is 0. The summed E-state index contributed by atoms with van der Waals surface area (Å²) < 4.78 is 1.94. The average Bonchev–Trinajstić information content (AvgIpc) is 3.28. The average molecular weight is 362 g/mol. The monoisotopic (exact) mass is 362 g/mol. The molecule has 27 heavy (non-hydrogen) atoms. The van der Waals surface area contributed by atoms with E-state index in [0.717, 1.165) is 37.2 Å². The van der Waals surface area contributed by atoms with Gasteiger partial charge in [-0.15, -0.1) is 0 Å². The fourth-order valence-electron chi connectivity index (χ4n) is 3.40. The van der Waals surface area contributed by atoms with Crippen LogP contribution in [-0.4, -0.2) is 38.7 Å². The molecule has 0 atom stereocenters. The Kier molecular flexibility index (Phi) is 5.09. The number of benzene rings is 1. The molecule has 7 heteroatoms. The zero-order valence-electron chi connectivity index (χ0n) is 15.0. The lowest BCUT2D eigenvalue weighted by atomic mass is 10.0. The molecule has 0 aliphatic carbocycles. The Labute approximate surface area is 158 Å². The zero-order chi connectivity index (χ0) is 18.5. The highest BCUT2D eigenvalue weighted by molar-refractivity contribution is 5.93. The zero-order valence-corrected chi connectivity index (χ0v) is 15.0. The highest BCUT2D eigenvalue weighted by Crippen LogP contribution is 2.25. The predicted octanol–water partition coefficient (Wildman–Crippen LogP) is 2.44. The predicted molar refractivity (Wildman–Crippen MR) is 102 cm³/mol. The number of hydrogen-bond acceptors (Lipinski definition) is 5. The van der Waals surface area contributed by atoms with E-state index in [1.165, 1.54) is 0 Å². The van der Waals surface area contributed by atoms with Crippen LogP contribution in [0.5, 0.6) is 0 Å². The van der Waals surface area contributed by atoms with Crippen molar-refractivity contribution in [1.29, 1.82) is 0 Å². The quantitative estimate of drug-likeness (QED) is 0.754. The smallest absolute Gasteiger partial charge is 0.270 e. The third-order valence-electron chi connectivity index (χ3n) is 4.91.